The molecule has 0 spiro atoms. The van der Waals surface area contributed by atoms with Crippen molar-refractivity contribution in [2.45, 2.75) is 18.2 Å². The number of aryl methyl sites for hydroxylation is 1. The van der Waals surface area contributed by atoms with E-state index in [4.69, 9.17) is 4.74 Å². The minimum absolute atomic E-state index is 0.0921. The molecule has 0 saturated carbocycles. The van der Waals surface area contributed by atoms with Crippen LogP contribution in [0.1, 0.15) is 21.4 Å². The maximum absolute atomic E-state index is 13.1. The second-order valence-electron chi connectivity index (χ2n) is 5.37. The van der Waals surface area contributed by atoms with Gasteiger partial charge in [-0.25, -0.2) is 0 Å². The first-order valence-corrected chi connectivity index (χ1v) is 9.58. The average Bonchev–Trinajstić information content (AvgIpc) is 3.07. The van der Waals surface area contributed by atoms with Crippen molar-refractivity contribution in [3.8, 4) is 0 Å². The van der Waals surface area contributed by atoms with Gasteiger partial charge >= 0.3 is 0 Å². The van der Waals surface area contributed by atoms with Crippen molar-refractivity contribution in [2.24, 2.45) is 0 Å². The normalized spacial score (nSPS) is 16.8. The second kappa shape index (κ2) is 7.95. The van der Waals surface area contributed by atoms with Gasteiger partial charge in [0.2, 0.25) is 5.91 Å². The first kappa shape index (κ1) is 16.5. The van der Waals surface area contributed by atoms with Crippen LogP contribution in [0.3, 0.4) is 0 Å². The van der Waals surface area contributed by atoms with E-state index in [1.807, 2.05) is 23.1 Å². The van der Waals surface area contributed by atoms with Crippen LogP contribution in [0.5, 0.6) is 0 Å². The molecular formula is C17H20N2O2S2. The van der Waals surface area contributed by atoms with Crippen molar-refractivity contribution >= 4 is 29.0 Å². The smallest absolute Gasteiger partial charge is 0.240 e. The number of carbonyl (C=O) groups excluding carboxylic acids is 1. The number of hydrogen-bond acceptors (Lipinski definition) is 5. The topological polar surface area (TPSA) is 42.4 Å². The predicted molar refractivity (Wildman–Crippen MR) is 94.8 cm³/mol. The van der Waals surface area contributed by atoms with Gasteiger partial charge in [0.15, 0.2) is 0 Å². The molecule has 0 aliphatic carbocycles. The molecule has 3 heterocycles. The molecule has 122 valence electrons. The summed E-state index contributed by atoms with van der Waals surface area (Å²) in [5.41, 5.74) is 2.10. The van der Waals surface area contributed by atoms with Gasteiger partial charge < -0.3 is 9.64 Å². The quantitative estimate of drug-likeness (QED) is 0.804. The van der Waals surface area contributed by atoms with E-state index < -0.39 is 0 Å². The predicted octanol–water partition coefficient (Wildman–Crippen LogP) is 3.15. The fraction of sp³-hybridized carbons (Fsp3) is 0.412. The SMILES string of the molecule is COCCN(Cc1ccccn1)C(=O)[C@H]1SCCc2sccc21. The Hall–Kier alpha value is -1.37. The average molecular weight is 348 g/mol. The molecule has 0 radical (unpaired) electrons. The van der Waals surface area contributed by atoms with Crippen LogP contribution in [0.2, 0.25) is 0 Å². The molecule has 0 fully saturated rings. The van der Waals surface area contributed by atoms with Crippen LogP contribution in [0.15, 0.2) is 35.8 Å². The Labute approximate surface area is 144 Å². The number of thiophene rings is 1. The van der Waals surface area contributed by atoms with Gasteiger partial charge in [-0.2, -0.15) is 0 Å². The summed E-state index contributed by atoms with van der Waals surface area (Å²) in [6.45, 7) is 1.65. The highest BCUT2D eigenvalue weighted by Gasteiger charge is 2.31. The molecule has 0 N–H and O–H groups in total. The Morgan fingerprint density at radius 3 is 3.13 bits per heavy atom. The lowest BCUT2D eigenvalue weighted by atomic mass is 10.1. The highest BCUT2D eigenvalue weighted by atomic mass is 32.2. The summed E-state index contributed by atoms with van der Waals surface area (Å²) < 4.78 is 5.18. The maximum Gasteiger partial charge on any atom is 0.240 e. The summed E-state index contributed by atoms with van der Waals surface area (Å²) in [5.74, 6) is 1.17. The largest absolute Gasteiger partial charge is 0.383 e. The van der Waals surface area contributed by atoms with Crippen LogP contribution in [-0.2, 0) is 22.5 Å². The molecule has 1 aliphatic rings. The van der Waals surface area contributed by atoms with Crippen LogP contribution in [0, 0.1) is 0 Å². The molecule has 6 heteroatoms. The number of hydrogen-bond donors (Lipinski definition) is 0. The Morgan fingerprint density at radius 2 is 2.35 bits per heavy atom. The summed E-state index contributed by atoms with van der Waals surface area (Å²) in [6.07, 6.45) is 2.83. The van der Waals surface area contributed by atoms with E-state index in [0.29, 0.717) is 19.7 Å². The molecule has 0 saturated heterocycles. The molecule has 0 aromatic carbocycles. The molecule has 0 bridgehead atoms. The van der Waals surface area contributed by atoms with Crippen molar-refractivity contribution < 1.29 is 9.53 Å². The van der Waals surface area contributed by atoms with Crippen LogP contribution < -0.4 is 0 Å². The number of rotatable bonds is 6. The molecule has 3 rings (SSSR count). The van der Waals surface area contributed by atoms with Crippen LogP contribution in [-0.4, -0.2) is 41.8 Å². The number of nitrogens with zero attached hydrogens (tertiary/aromatic N) is 2. The van der Waals surface area contributed by atoms with E-state index in [9.17, 15) is 4.79 Å². The van der Waals surface area contributed by atoms with E-state index in [1.54, 1.807) is 36.4 Å². The molecule has 1 atom stereocenters. The number of pyridine rings is 1. The Balaban J connectivity index is 1.78. The number of methoxy groups -OCH3 is 1. The van der Waals surface area contributed by atoms with Crippen molar-refractivity contribution in [1.82, 2.24) is 9.88 Å². The van der Waals surface area contributed by atoms with Gasteiger partial charge in [0.1, 0.15) is 5.25 Å². The van der Waals surface area contributed by atoms with Gasteiger partial charge in [0.25, 0.3) is 0 Å². The van der Waals surface area contributed by atoms with Gasteiger partial charge in [-0.1, -0.05) is 6.07 Å². The summed E-state index contributed by atoms with van der Waals surface area (Å²) in [6, 6.07) is 7.90. The standard InChI is InChI=1S/C17H20N2O2S2/c1-21-9-8-19(12-13-4-2-3-7-18-13)17(20)16-14-5-10-22-15(14)6-11-23-16/h2-5,7,10,16H,6,8-9,11-12H2,1H3/t16-/m0/s1. The van der Waals surface area contributed by atoms with Crippen LogP contribution >= 0.6 is 23.1 Å². The molecule has 0 unspecified atom stereocenters. The number of carbonyl (C=O) groups is 1. The van der Waals surface area contributed by atoms with Gasteiger partial charge in [0, 0.05) is 24.7 Å². The molecule has 1 amide bonds. The molecule has 2 aromatic rings. The molecule has 2 aromatic heterocycles. The van der Waals surface area contributed by atoms with Crippen LogP contribution in [0.4, 0.5) is 0 Å². The second-order valence-corrected chi connectivity index (χ2v) is 7.59. The number of ether oxygens (including phenoxy) is 1. The summed E-state index contributed by atoms with van der Waals surface area (Å²) >= 11 is 3.50. The first-order valence-electron chi connectivity index (χ1n) is 7.65. The molecule has 1 aliphatic heterocycles. The third kappa shape index (κ3) is 3.94. The fourth-order valence-corrected chi connectivity index (χ4v) is 5.05. The molecule has 23 heavy (non-hydrogen) atoms. The fourth-order valence-electron chi connectivity index (χ4n) is 2.67. The van der Waals surface area contributed by atoms with Crippen molar-refractivity contribution in [1.29, 1.82) is 0 Å². The van der Waals surface area contributed by atoms with E-state index >= 15 is 0 Å². The minimum atomic E-state index is -0.0921. The highest BCUT2D eigenvalue weighted by molar-refractivity contribution is 8.00. The summed E-state index contributed by atoms with van der Waals surface area (Å²) in [5, 5.41) is 2.00. The van der Waals surface area contributed by atoms with E-state index in [1.165, 1.54) is 10.4 Å². The lowest BCUT2D eigenvalue weighted by molar-refractivity contribution is -0.132. The van der Waals surface area contributed by atoms with E-state index in [0.717, 1.165) is 17.9 Å². The highest BCUT2D eigenvalue weighted by Crippen LogP contribution is 2.40. The Kier molecular flexibility index (Phi) is 5.70. The van der Waals surface area contributed by atoms with Gasteiger partial charge in [-0.3, -0.25) is 9.78 Å². The van der Waals surface area contributed by atoms with Crippen molar-refractivity contribution in [2.75, 3.05) is 26.0 Å². The number of thioether (sulfide) groups is 1. The number of fused-ring (bicyclic) bond motifs is 1. The zero-order chi connectivity index (χ0) is 16.1. The summed E-state index contributed by atoms with van der Waals surface area (Å²) in [4.78, 5) is 20.7. The van der Waals surface area contributed by atoms with Gasteiger partial charge in [0.05, 0.1) is 18.8 Å². The lowest BCUT2D eigenvalue weighted by Crippen LogP contribution is -2.37. The van der Waals surface area contributed by atoms with E-state index in [2.05, 4.69) is 16.4 Å². The zero-order valence-corrected chi connectivity index (χ0v) is 14.7. The third-order valence-electron chi connectivity index (χ3n) is 3.86. The monoisotopic (exact) mass is 348 g/mol. The van der Waals surface area contributed by atoms with Gasteiger partial charge in [-0.05, 0) is 41.3 Å². The van der Waals surface area contributed by atoms with Crippen LogP contribution in [0.25, 0.3) is 0 Å². The van der Waals surface area contributed by atoms with Gasteiger partial charge in [-0.15, -0.1) is 23.1 Å². The molecular weight excluding hydrogens is 328 g/mol. The lowest BCUT2D eigenvalue weighted by Gasteiger charge is -2.29. The summed E-state index contributed by atoms with van der Waals surface area (Å²) in [7, 11) is 1.66. The third-order valence-corrected chi connectivity index (χ3v) is 6.08. The first-order chi connectivity index (χ1) is 11.3. The zero-order valence-electron chi connectivity index (χ0n) is 13.1. The van der Waals surface area contributed by atoms with Crippen molar-refractivity contribution in [3.05, 3.63) is 52.0 Å². The van der Waals surface area contributed by atoms with E-state index in [-0.39, 0.29) is 11.2 Å². The number of amides is 1. The number of aromatic nitrogens is 1. The Morgan fingerprint density at radius 1 is 1.43 bits per heavy atom. The maximum atomic E-state index is 13.1. The molecule has 4 nitrogen and oxygen atoms in total. The minimum Gasteiger partial charge on any atom is -0.383 e. The van der Waals surface area contributed by atoms with Crippen molar-refractivity contribution in [3.63, 3.8) is 0 Å². The Bertz CT molecular complexity index is 645.